The van der Waals surface area contributed by atoms with E-state index in [0.29, 0.717) is 11.3 Å². The number of pyridine rings is 1. The first-order chi connectivity index (χ1) is 9.24. The fourth-order valence-corrected chi connectivity index (χ4v) is 2.05. The van der Waals surface area contributed by atoms with Crippen molar-refractivity contribution in [3.05, 3.63) is 77.5 Å². The number of carbonyl (C=O) groups excluding carboxylic acids is 1. The maximum Gasteiger partial charge on any atom is 0.211 e. The lowest BCUT2D eigenvalue weighted by Gasteiger charge is -2.03. The fourth-order valence-electron chi connectivity index (χ4n) is 2.05. The van der Waals surface area contributed by atoms with E-state index in [9.17, 15) is 4.79 Å². The molecule has 1 aromatic heterocycles. The Hall–Kier alpha value is -2.48. The number of fused-ring (bicyclic) bond motifs is 1. The zero-order chi connectivity index (χ0) is 13.2. The predicted octanol–water partition coefficient (Wildman–Crippen LogP) is 3.77. The largest absolute Gasteiger partial charge is 0.287 e. The number of carbonyl (C=O) groups is 1. The predicted molar refractivity (Wildman–Crippen MR) is 76.4 cm³/mol. The molecule has 0 N–H and O–H groups in total. The Morgan fingerprint density at radius 1 is 0.895 bits per heavy atom. The first kappa shape index (κ1) is 11.6. The number of para-hydroxylation sites is 1. The van der Waals surface area contributed by atoms with Crippen molar-refractivity contribution in [3.8, 4) is 0 Å². The van der Waals surface area contributed by atoms with Crippen LogP contribution in [0.15, 0.2) is 60.7 Å². The smallest absolute Gasteiger partial charge is 0.211 e. The molecule has 2 aromatic carbocycles. The van der Waals surface area contributed by atoms with Crippen molar-refractivity contribution in [1.82, 2.24) is 4.98 Å². The van der Waals surface area contributed by atoms with Crippen LogP contribution >= 0.6 is 0 Å². The normalized spacial score (nSPS) is 10.6. The Bertz CT molecular complexity index is 745. The van der Waals surface area contributed by atoms with Gasteiger partial charge in [-0.1, -0.05) is 54.1 Å². The maximum atomic E-state index is 12.3. The van der Waals surface area contributed by atoms with Crippen LogP contribution in [0.1, 0.15) is 21.6 Å². The summed E-state index contributed by atoms with van der Waals surface area (Å²) in [6, 6.07) is 19.1. The summed E-state index contributed by atoms with van der Waals surface area (Å²) in [5.41, 5.74) is 3.15. The molecule has 2 heteroatoms. The Labute approximate surface area is 111 Å². The molecule has 0 fully saturated rings. The van der Waals surface area contributed by atoms with Crippen LogP contribution in [0, 0.1) is 6.92 Å². The van der Waals surface area contributed by atoms with Crippen molar-refractivity contribution in [3.63, 3.8) is 0 Å². The number of aryl methyl sites for hydroxylation is 1. The van der Waals surface area contributed by atoms with Gasteiger partial charge in [-0.2, -0.15) is 0 Å². The zero-order valence-corrected chi connectivity index (χ0v) is 10.6. The second kappa shape index (κ2) is 4.65. The molecule has 0 bridgehead atoms. The molecular formula is C17H13NO. The van der Waals surface area contributed by atoms with Crippen LogP contribution < -0.4 is 0 Å². The molecule has 0 radical (unpaired) electrons. The molecule has 0 saturated carbocycles. The van der Waals surface area contributed by atoms with Gasteiger partial charge in [0.25, 0.3) is 0 Å². The van der Waals surface area contributed by atoms with Crippen molar-refractivity contribution in [2.24, 2.45) is 0 Å². The Kier molecular flexibility index (Phi) is 2.84. The van der Waals surface area contributed by atoms with Gasteiger partial charge in [-0.25, -0.2) is 4.98 Å². The van der Waals surface area contributed by atoms with E-state index >= 15 is 0 Å². The molecule has 0 amide bonds. The summed E-state index contributed by atoms with van der Waals surface area (Å²) in [4.78, 5) is 16.8. The Morgan fingerprint density at radius 2 is 1.63 bits per heavy atom. The number of nitrogens with zero attached hydrogens (tertiary/aromatic N) is 1. The molecule has 0 atom stereocenters. The molecule has 0 saturated heterocycles. The van der Waals surface area contributed by atoms with Gasteiger partial charge in [0.15, 0.2) is 0 Å². The fraction of sp³-hybridized carbons (Fsp3) is 0.0588. The molecule has 2 nitrogen and oxygen atoms in total. The van der Waals surface area contributed by atoms with Gasteiger partial charge in [0.2, 0.25) is 5.78 Å². The molecule has 1 heterocycles. The van der Waals surface area contributed by atoms with Crippen LogP contribution in [0.4, 0.5) is 0 Å². The summed E-state index contributed by atoms with van der Waals surface area (Å²) in [7, 11) is 0. The van der Waals surface area contributed by atoms with E-state index in [1.807, 2.05) is 61.5 Å². The minimum Gasteiger partial charge on any atom is -0.287 e. The van der Waals surface area contributed by atoms with Crippen LogP contribution in [0.2, 0.25) is 0 Å². The lowest BCUT2D eigenvalue weighted by molar-refractivity contribution is 0.103. The molecule has 0 unspecified atom stereocenters. The Morgan fingerprint density at radius 3 is 2.42 bits per heavy atom. The van der Waals surface area contributed by atoms with Gasteiger partial charge in [-0.15, -0.1) is 0 Å². The first-order valence-electron chi connectivity index (χ1n) is 6.21. The van der Waals surface area contributed by atoms with E-state index in [1.54, 1.807) is 6.07 Å². The van der Waals surface area contributed by atoms with E-state index in [1.165, 1.54) is 0 Å². The van der Waals surface area contributed by atoms with Crippen LogP contribution in [0.5, 0.6) is 0 Å². The maximum absolute atomic E-state index is 12.3. The lowest BCUT2D eigenvalue weighted by atomic mass is 10.1. The van der Waals surface area contributed by atoms with Gasteiger partial charge in [0.1, 0.15) is 5.69 Å². The number of rotatable bonds is 2. The third-order valence-corrected chi connectivity index (χ3v) is 3.14. The van der Waals surface area contributed by atoms with Crippen molar-refractivity contribution in [2.75, 3.05) is 0 Å². The van der Waals surface area contributed by atoms with E-state index in [0.717, 1.165) is 16.5 Å². The molecule has 92 valence electrons. The molecule has 0 aliphatic carbocycles. The van der Waals surface area contributed by atoms with Crippen molar-refractivity contribution in [2.45, 2.75) is 6.92 Å². The summed E-state index contributed by atoms with van der Waals surface area (Å²) in [5.74, 6) is -0.0363. The van der Waals surface area contributed by atoms with Gasteiger partial charge >= 0.3 is 0 Å². The molecule has 0 aliphatic heterocycles. The highest BCUT2D eigenvalue weighted by atomic mass is 16.1. The van der Waals surface area contributed by atoms with E-state index in [4.69, 9.17) is 0 Å². The van der Waals surface area contributed by atoms with Gasteiger partial charge in [0, 0.05) is 10.9 Å². The van der Waals surface area contributed by atoms with Crippen LogP contribution in [0.3, 0.4) is 0 Å². The van der Waals surface area contributed by atoms with Crippen LogP contribution in [-0.4, -0.2) is 10.8 Å². The summed E-state index contributed by atoms with van der Waals surface area (Å²) in [5, 5.41) is 1.04. The molecular weight excluding hydrogens is 234 g/mol. The van der Waals surface area contributed by atoms with Crippen LogP contribution in [-0.2, 0) is 0 Å². The Balaban J connectivity index is 2.04. The topological polar surface area (TPSA) is 30.0 Å². The summed E-state index contributed by atoms with van der Waals surface area (Å²) < 4.78 is 0. The van der Waals surface area contributed by atoms with Gasteiger partial charge in [0.05, 0.1) is 5.52 Å². The SMILES string of the molecule is Cc1ccc(C(=O)c2ccc3ccccc3n2)cc1. The minimum atomic E-state index is -0.0363. The number of aromatic nitrogens is 1. The summed E-state index contributed by atoms with van der Waals surface area (Å²) >= 11 is 0. The highest BCUT2D eigenvalue weighted by Crippen LogP contribution is 2.15. The third-order valence-electron chi connectivity index (χ3n) is 3.14. The molecule has 0 spiro atoms. The van der Waals surface area contributed by atoms with E-state index in [2.05, 4.69) is 4.98 Å². The number of ketones is 1. The number of hydrogen-bond acceptors (Lipinski definition) is 2. The first-order valence-corrected chi connectivity index (χ1v) is 6.21. The summed E-state index contributed by atoms with van der Waals surface area (Å²) in [6.45, 7) is 2.00. The van der Waals surface area contributed by atoms with E-state index < -0.39 is 0 Å². The number of hydrogen-bond donors (Lipinski definition) is 0. The average Bonchev–Trinajstić information content (AvgIpc) is 2.47. The van der Waals surface area contributed by atoms with Crippen LogP contribution in [0.25, 0.3) is 10.9 Å². The molecule has 3 aromatic rings. The van der Waals surface area contributed by atoms with Crippen molar-refractivity contribution in [1.29, 1.82) is 0 Å². The van der Waals surface area contributed by atoms with Gasteiger partial charge < -0.3 is 0 Å². The zero-order valence-electron chi connectivity index (χ0n) is 10.6. The third kappa shape index (κ3) is 2.25. The van der Waals surface area contributed by atoms with Crippen molar-refractivity contribution < 1.29 is 4.79 Å². The quantitative estimate of drug-likeness (QED) is 0.645. The lowest BCUT2D eigenvalue weighted by Crippen LogP contribution is -2.03. The monoisotopic (exact) mass is 247 g/mol. The number of benzene rings is 2. The average molecular weight is 247 g/mol. The standard InChI is InChI=1S/C17H13NO/c1-12-6-8-14(9-7-12)17(19)16-11-10-13-4-2-3-5-15(13)18-16/h2-11H,1H3. The second-order valence-electron chi connectivity index (χ2n) is 4.58. The molecule has 0 aliphatic rings. The molecule has 19 heavy (non-hydrogen) atoms. The van der Waals surface area contributed by atoms with Gasteiger partial charge in [-0.05, 0) is 19.1 Å². The minimum absolute atomic E-state index is 0.0363. The van der Waals surface area contributed by atoms with E-state index in [-0.39, 0.29) is 5.78 Å². The second-order valence-corrected chi connectivity index (χ2v) is 4.58. The van der Waals surface area contributed by atoms with Gasteiger partial charge in [-0.3, -0.25) is 4.79 Å². The molecule has 3 rings (SSSR count). The highest BCUT2D eigenvalue weighted by Gasteiger charge is 2.10. The summed E-state index contributed by atoms with van der Waals surface area (Å²) in [6.07, 6.45) is 0. The highest BCUT2D eigenvalue weighted by molar-refractivity contribution is 6.08. The van der Waals surface area contributed by atoms with Crippen molar-refractivity contribution >= 4 is 16.7 Å².